The van der Waals surface area contributed by atoms with Crippen molar-refractivity contribution in [2.75, 3.05) is 32.7 Å². The summed E-state index contributed by atoms with van der Waals surface area (Å²) in [6, 6.07) is -0.121. The summed E-state index contributed by atoms with van der Waals surface area (Å²) in [7, 11) is 0. The van der Waals surface area contributed by atoms with Crippen molar-refractivity contribution in [1.29, 1.82) is 0 Å². The first-order valence-electron chi connectivity index (χ1n) is 8.29. The minimum absolute atomic E-state index is 0.0525. The van der Waals surface area contributed by atoms with E-state index in [0.717, 1.165) is 43.1 Å². The zero-order chi connectivity index (χ0) is 16.4. The first-order valence-corrected chi connectivity index (χ1v) is 9.10. The summed E-state index contributed by atoms with van der Waals surface area (Å²) in [6.07, 6.45) is 2.99. The molecular weight excluding hydrogens is 312 g/mol. The van der Waals surface area contributed by atoms with E-state index in [0.29, 0.717) is 19.0 Å². The number of rotatable bonds is 3. The second-order valence-corrected chi connectivity index (χ2v) is 7.61. The van der Waals surface area contributed by atoms with Crippen molar-refractivity contribution in [1.82, 2.24) is 20.1 Å². The molecular formula is C16H24N4O2S. The number of aryl methyl sites for hydroxylation is 2. The smallest absolute Gasteiger partial charge is 0.317 e. The monoisotopic (exact) mass is 336 g/mol. The Bertz CT molecular complexity index is 581. The summed E-state index contributed by atoms with van der Waals surface area (Å²) in [6.45, 7) is 7.20. The normalized spacial score (nSPS) is 22.2. The van der Waals surface area contributed by atoms with Gasteiger partial charge < -0.3 is 15.1 Å². The second kappa shape index (κ2) is 6.86. The fourth-order valence-electron chi connectivity index (χ4n) is 3.17. The predicted octanol–water partition coefficient (Wildman–Crippen LogP) is 1.88. The van der Waals surface area contributed by atoms with Crippen molar-refractivity contribution < 1.29 is 9.59 Å². The Labute approximate surface area is 140 Å². The van der Waals surface area contributed by atoms with Crippen molar-refractivity contribution in [3.63, 3.8) is 0 Å². The fourth-order valence-corrected chi connectivity index (χ4v) is 4.22. The number of nitrogens with zero attached hydrogens (tertiary/aromatic N) is 3. The summed E-state index contributed by atoms with van der Waals surface area (Å²) < 4.78 is 0. The van der Waals surface area contributed by atoms with Crippen LogP contribution < -0.4 is 5.32 Å². The lowest BCUT2D eigenvalue weighted by atomic mass is 9.98. The van der Waals surface area contributed by atoms with Crippen molar-refractivity contribution in [2.45, 2.75) is 39.0 Å². The number of carbonyl (C=O) groups excluding carboxylic acids is 2. The number of aromatic nitrogens is 1. The molecule has 0 spiro atoms. The minimum Gasteiger partial charge on any atom is -0.340 e. The number of nitrogens with one attached hydrogen (secondary N) is 1. The zero-order valence-electron chi connectivity index (χ0n) is 13.8. The third-order valence-electron chi connectivity index (χ3n) is 4.66. The molecule has 2 aliphatic heterocycles. The van der Waals surface area contributed by atoms with E-state index in [9.17, 15) is 9.59 Å². The van der Waals surface area contributed by atoms with Crippen molar-refractivity contribution in [3.05, 3.63) is 15.6 Å². The number of hydrogen-bond acceptors (Lipinski definition) is 4. The van der Waals surface area contributed by atoms with Gasteiger partial charge in [0.1, 0.15) is 6.54 Å². The molecule has 0 aliphatic carbocycles. The lowest BCUT2D eigenvalue weighted by Crippen LogP contribution is -2.51. The lowest BCUT2D eigenvalue weighted by Gasteiger charge is -2.34. The van der Waals surface area contributed by atoms with Crippen LogP contribution in [0.4, 0.5) is 4.79 Å². The molecule has 3 heterocycles. The maximum absolute atomic E-state index is 12.5. The molecule has 1 aromatic heterocycles. The first kappa shape index (κ1) is 16.2. The molecule has 6 nitrogen and oxygen atoms in total. The van der Waals surface area contributed by atoms with Gasteiger partial charge in [0, 0.05) is 37.0 Å². The number of urea groups is 1. The summed E-state index contributed by atoms with van der Waals surface area (Å²) in [5.74, 6) is 0.386. The predicted molar refractivity (Wildman–Crippen MR) is 89.7 cm³/mol. The van der Waals surface area contributed by atoms with Gasteiger partial charge in [-0.05, 0) is 33.1 Å². The van der Waals surface area contributed by atoms with Crippen LogP contribution in [0.25, 0.3) is 0 Å². The largest absolute Gasteiger partial charge is 0.340 e. The molecule has 1 N–H and O–H groups in total. The Hall–Kier alpha value is -1.63. The van der Waals surface area contributed by atoms with Crippen LogP contribution in [0.3, 0.4) is 0 Å². The number of thiazole rings is 1. The molecule has 2 aliphatic rings. The first-order chi connectivity index (χ1) is 11.0. The molecule has 126 valence electrons. The van der Waals surface area contributed by atoms with Gasteiger partial charge in [-0.3, -0.25) is 4.79 Å². The highest BCUT2D eigenvalue weighted by Gasteiger charge is 2.29. The summed E-state index contributed by atoms with van der Waals surface area (Å²) >= 11 is 1.75. The van der Waals surface area contributed by atoms with E-state index in [1.807, 2.05) is 11.8 Å². The van der Waals surface area contributed by atoms with Crippen LogP contribution in [0.15, 0.2) is 0 Å². The molecule has 0 saturated carbocycles. The molecule has 0 aromatic carbocycles. The number of likely N-dealkylation sites (tertiary alicyclic amines) is 1. The average Bonchev–Trinajstić information content (AvgIpc) is 2.89. The molecule has 0 radical (unpaired) electrons. The molecule has 1 aromatic rings. The van der Waals surface area contributed by atoms with Crippen LogP contribution in [0.5, 0.6) is 0 Å². The number of carbonyl (C=O) groups is 2. The molecule has 3 amide bonds. The highest BCUT2D eigenvalue weighted by Crippen LogP contribution is 2.31. The summed E-state index contributed by atoms with van der Waals surface area (Å²) in [4.78, 5) is 33.8. The van der Waals surface area contributed by atoms with Gasteiger partial charge in [0.15, 0.2) is 0 Å². The van der Waals surface area contributed by atoms with Crippen molar-refractivity contribution in [3.8, 4) is 0 Å². The van der Waals surface area contributed by atoms with Crippen LogP contribution >= 0.6 is 11.3 Å². The Morgan fingerprint density at radius 2 is 2.17 bits per heavy atom. The third-order valence-corrected chi connectivity index (χ3v) is 5.90. The Kier molecular flexibility index (Phi) is 4.84. The van der Waals surface area contributed by atoms with Crippen molar-refractivity contribution >= 4 is 23.3 Å². The van der Waals surface area contributed by atoms with E-state index < -0.39 is 0 Å². The van der Waals surface area contributed by atoms with Crippen LogP contribution in [0.2, 0.25) is 0 Å². The van der Waals surface area contributed by atoms with Gasteiger partial charge in [-0.2, -0.15) is 0 Å². The molecule has 2 fully saturated rings. The van der Waals surface area contributed by atoms with Crippen LogP contribution in [0, 0.1) is 13.8 Å². The Morgan fingerprint density at radius 3 is 2.87 bits per heavy atom. The Balaban J connectivity index is 1.61. The van der Waals surface area contributed by atoms with Gasteiger partial charge in [-0.1, -0.05) is 0 Å². The molecule has 0 bridgehead atoms. The molecule has 1 atom stereocenters. The molecule has 2 saturated heterocycles. The van der Waals surface area contributed by atoms with E-state index >= 15 is 0 Å². The van der Waals surface area contributed by atoms with Gasteiger partial charge in [-0.25, -0.2) is 9.78 Å². The van der Waals surface area contributed by atoms with E-state index in [4.69, 9.17) is 0 Å². The quantitative estimate of drug-likeness (QED) is 0.916. The van der Waals surface area contributed by atoms with Gasteiger partial charge >= 0.3 is 6.03 Å². The molecule has 3 rings (SSSR count). The van der Waals surface area contributed by atoms with Crippen molar-refractivity contribution in [2.24, 2.45) is 0 Å². The molecule has 0 unspecified atom stereocenters. The Morgan fingerprint density at radius 1 is 1.35 bits per heavy atom. The topological polar surface area (TPSA) is 65.5 Å². The lowest BCUT2D eigenvalue weighted by molar-refractivity contribution is -0.133. The van der Waals surface area contributed by atoms with Crippen LogP contribution in [-0.4, -0.2) is 59.4 Å². The SMILES string of the molecule is Cc1nc([C@H]2CCCN(C(=O)CN3CCCNC3=O)C2)sc1C. The second-order valence-electron chi connectivity index (χ2n) is 6.38. The van der Waals surface area contributed by atoms with Gasteiger partial charge in [0.25, 0.3) is 0 Å². The number of hydrogen-bond donors (Lipinski definition) is 1. The summed E-state index contributed by atoms with van der Waals surface area (Å²) in [5, 5.41) is 3.94. The standard InChI is InChI=1S/C16H24N4O2S/c1-11-12(2)23-15(18-11)13-5-3-7-19(9-13)14(21)10-20-8-4-6-17-16(20)22/h13H,3-10H2,1-2H3,(H,17,22)/t13-/m0/s1. The average molecular weight is 336 g/mol. The molecule has 7 heteroatoms. The zero-order valence-corrected chi connectivity index (χ0v) is 14.6. The maximum Gasteiger partial charge on any atom is 0.317 e. The van der Waals surface area contributed by atoms with Gasteiger partial charge in [-0.15, -0.1) is 11.3 Å². The van der Waals surface area contributed by atoms with Crippen LogP contribution in [0.1, 0.15) is 40.8 Å². The molecule has 23 heavy (non-hydrogen) atoms. The maximum atomic E-state index is 12.5. The fraction of sp³-hybridized carbons (Fsp3) is 0.688. The highest BCUT2D eigenvalue weighted by atomic mass is 32.1. The van der Waals surface area contributed by atoms with E-state index in [-0.39, 0.29) is 18.5 Å². The van der Waals surface area contributed by atoms with E-state index in [1.54, 1.807) is 16.2 Å². The minimum atomic E-state index is -0.121. The van der Waals surface area contributed by atoms with E-state index in [2.05, 4.69) is 17.2 Å². The highest BCUT2D eigenvalue weighted by molar-refractivity contribution is 7.11. The van der Waals surface area contributed by atoms with Crippen LogP contribution in [-0.2, 0) is 4.79 Å². The third kappa shape index (κ3) is 3.65. The number of piperidine rings is 1. The van der Waals surface area contributed by atoms with Gasteiger partial charge in [0.05, 0.1) is 10.7 Å². The van der Waals surface area contributed by atoms with Gasteiger partial charge in [0.2, 0.25) is 5.91 Å². The van der Waals surface area contributed by atoms with E-state index in [1.165, 1.54) is 4.88 Å². The summed E-state index contributed by atoms with van der Waals surface area (Å²) in [5.41, 5.74) is 1.10. The number of amides is 3.